The van der Waals surface area contributed by atoms with Crippen LogP contribution in [-0.2, 0) is 9.47 Å². The van der Waals surface area contributed by atoms with Crippen molar-refractivity contribution in [3.8, 4) is 0 Å². The molecule has 3 unspecified atom stereocenters. The van der Waals surface area contributed by atoms with Gasteiger partial charge in [-0.2, -0.15) is 0 Å². The molecule has 3 atom stereocenters. The van der Waals surface area contributed by atoms with Crippen molar-refractivity contribution in [1.29, 1.82) is 0 Å². The van der Waals surface area contributed by atoms with Crippen molar-refractivity contribution >= 4 is 0 Å². The van der Waals surface area contributed by atoms with Gasteiger partial charge in [-0.15, -0.1) is 0 Å². The molecular formula is C11H24O4. The van der Waals surface area contributed by atoms with Crippen LogP contribution in [0, 0.1) is 0 Å². The van der Waals surface area contributed by atoms with Gasteiger partial charge in [0, 0.05) is 13.7 Å². The third-order valence-corrected chi connectivity index (χ3v) is 2.52. The van der Waals surface area contributed by atoms with Crippen molar-refractivity contribution in [2.75, 3.05) is 13.7 Å². The molecule has 0 aromatic heterocycles. The molecule has 92 valence electrons. The number of unbranched alkanes of at least 4 members (excludes halogenated alkanes) is 1. The number of aliphatic hydroxyl groups is 2. The fraction of sp³-hybridized carbons (Fsp3) is 1.00. The quantitative estimate of drug-likeness (QED) is 0.478. The van der Waals surface area contributed by atoms with Gasteiger partial charge in [-0.3, -0.25) is 0 Å². The summed E-state index contributed by atoms with van der Waals surface area (Å²) in [6.45, 7) is 5.92. The summed E-state index contributed by atoms with van der Waals surface area (Å²) in [6, 6.07) is 0. The predicted octanol–water partition coefficient (Wildman–Crippen LogP) is 1.30. The first-order chi connectivity index (χ1) is 7.00. The standard InChI is InChI=1S/C11H24O4/c1-5-7-8-15-10(14-4)11(3,13)9(12)6-2/h9-10,12-13H,5-8H2,1-4H3. The summed E-state index contributed by atoms with van der Waals surface area (Å²) in [7, 11) is 1.47. The number of hydrogen-bond acceptors (Lipinski definition) is 4. The van der Waals surface area contributed by atoms with Gasteiger partial charge in [-0.1, -0.05) is 20.3 Å². The van der Waals surface area contributed by atoms with Crippen LogP contribution in [0.15, 0.2) is 0 Å². The molecule has 15 heavy (non-hydrogen) atoms. The van der Waals surface area contributed by atoms with Gasteiger partial charge in [0.1, 0.15) is 5.60 Å². The first kappa shape index (κ1) is 14.8. The maximum atomic E-state index is 10.0. The lowest BCUT2D eigenvalue weighted by molar-refractivity contribution is -0.250. The average Bonchev–Trinajstić information content (AvgIpc) is 2.22. The molecule has 0 saturated heterocycles. The van der Waals surface area contributed by atoms with E-state index in [9.17, 15) is 10.2 Å². The third kappa shape index (κ3) is 4.47. The Balaban J connectivity index is 4.23. The number of rotatable bonds is 8. The largest absolute Gasteiger partial charge is 0.390 e. The van der Waals surface area contributed by atoms with Gasteiger partial charge in [-0.25, -0.2) is 0 Å². The third-order valence-electron chi connectivity index (χ3n) is 2.52. The van der Waals surface area contributed by atoms with Gasteiger partial charge in [0.05, 0.1) is 6.10 Å². The van der Waals surface area contributed by atoms with Crippen molar-refractivity contribution in [1.82, 2.24) is 0 Å². The van der Waals surface area contributed by atoms with Crippen LogP contribution in [-0.4, -0.2) is 41.9 Å². The van der Waals surface area contributed by atoms with E-state index in [0.29, 0.717) is 13.0 Å². The molecule has 0 saturated carbocycles. The lowest BCUT2D eigenvalue weighted by Crippen LogP contribution is -2.51. The Hall–Kier alpha value is -0.160. The Morgan fingerprint density at radius 2 is 1.93 bits per heavy atom. The highest BCUT2D eigenvalue weighted by Gasteiger charge is 2.39. The van der Waals surface area contributed by atoms with E-state index in [1.165, 1.54) is 14.0 Å². The average molecular weight is 220 g/mol. The molecule has 2 N–H and O–H groups in total. The van der Waals surface area contributed by atoms with Crippen molar-refractivity contribution < 1.29 is 19.7 Å². The minimum absolute atomic E-state index is 0.462. The number of hydrogen-bond donors (Lipinski definition) is 2. The smallest absolute Gasteiger partial charge is 0.188 e. The van der Waals surface area contributed by atoms with E-state index in [1.807, 2.05) is 0 Å². The zero-order valence-corrected chi connectivity index (χ0v) is 10.2. The maximum Gasteiger partial charge on any atom is 0.188 e. The van der Waals surface area contributed by atoms with Gasteiger partial charge in [0.15, 0.2) is 6.29 Å². The van der Waals surface area contributed by atoms with E-state index in [-0.39, 0.29) is 0 Å². The SMILES string of the molecule is CCCCOC(OC)C(C)(O)C(O)CC. The fourth-order valence-electron chi connectivity index (χ4n) is 1.38. The molecule has 0 bridgehead atoms. The topological polar surface area (TPSA) is 58.9 Å². The summed E-state index contributed by atoms with van der Waals surface area (Å²) in [6.07, 6.45) is 0.778. The van der Waals surface area contributed by atoms with E-state index in [4.69, 9.17) is 9.47 Å². The molecule has 4 nitrogen and oxygen atoms in total. The Labute approximate surface area is 92.2 Å². The van der Waals surface area contributed by atoms with Gasteiger partial charge < -0.3 is 19.7 Å². The second kappa shape index (κ2) is 7.17. The van der Waals surface area contributed by atoms with Crippen LogP contribution >= 0.6 is 0 Å². The van der Waals surface area contributed by atoms with Crippen LogP contribution in [0.3, 0.4) is 0 Å². The normalized spacial score (nSPS) is 19.6. The maximum absolute atomic E-state index is 10.0. The highest BCUT2D eigenvalue weighted by atomic mass is 16.7. The molecule has 0 aliphatic heterocycles. The second-order valence-electron chi connectivity index (χ2n) is 3.94. The fourth-order valence-corrected chi connectivity index (χ4v) is 1.38. The summed E-state index contributed by atoms with van der Waals surface area (Å²) in [5.74, 6) is 0. The monoisotopic (exact) mass is 220 g/mol. The molecule has 0 aliphatic carbocycles. The molecule has 0 aromatic carbocycles. The molecule has 4 heteroatoms. The molecule has 0 heterocycles. The predicted molar refractivity (Wildman–Crippen MR) is 58.6 cm³/mol. The Morgan fingerprint density at radius 3 is 2.33 bits per heavy atom. The van der Waals surface area contributed by atoms with Crippen LogP contribution in [0.5, 0.6) is 0 Å². The van der Waals surface area contributed by atoms with Crippen molar-refractivity contribution in [2.45, 2.75) is 58.0 Å². The highest BCUT2D eigenvalue weighted by Crippen LogP contribution is 2.21. The van der Waals surface area contributed by atoms with Crippen LogP contribution in [0.4, 0.5) is 0 Å². The second-order valence-corrected chi connectivity index (χ2v) is 3.94. The number of methoxy groups -OCH3 is 1. The van der Waals surface area contributed by atoms with Crippen LogP contribution in [0.25, 0.3) is 0 Å². The van der Waals surface area contributed by atoms with Crippen molar-refractivity contribution in [3.63, 3.8) is 0 Å². The molecule has 0 radical (unpaired) electrons. The van der Waals surface area contributed by atoms with Crippen molar-refractivity contribution in [2.24, 2.45) is 0 Å². The Bertz CT molecular complexity index is 159. The summed E-state index contributed by atoms with van der Waals surface area (Å²) in [5, 5.41) is 19.7. The first-order valence-corrected chi connectivity index (χ1v) is 5.55. The van der Waals surface area contributed by atoms with E-state index >= 15 is 0 Å². The molecule has 0 rings (SSSR count). The molecule has 0 aromatic rings. The van der Waals surface area contributed by atoms with Crippen LogP contribution in [0.1, 0.15) is 40.0 Å². The number of ether oxygens (including phenoxy) is 2. The summed E-state index contributed by atoms with van der Waals surface area (Å²) in [5.41, 5.74) is -1.36. The summed E-state index contributed by atoms with van der Waals surface area (Å²) >= 11 is 0. The lowest BCUT2D eigenvalue weighted by Gasteiger charge is -2.35. The van der Waals surface area contributed by atoms with E-state index in [0.717, 1.165) is 12.8 Å². The molecule has 0 spiro atoms. The van der Waals surface area contributed by atoms with Crippen LogP contribution in [0.2, 0.25) is 0 Å². The van der Waals surface area contributed by atoms with Gasteiger partial charge in [-0.05, 0) is 19.8 Å². The summed E-state index contributed by atoms with van der Waals surface area (Å²) < 4.78 is 10.4. The lowest BCUT2D eigenvalue weighted by atomic mass is 9.96. The number of aliphatic hydroxyl groups excluding tert-OH is 1. The van der Waals surface area contributed by atoms with Crippen molar-refractivity contribution in [3.05, 3.63) is 0 Å². The molecule has 0 aliphatic rings. The van der Waals surface area contributed by atoms with Gasteiger partial charge in [0.25, 0.3) is 0 Å². The van der Waals surface area contributed by atoms with E-state index < -0.39 is 18.0 Å². The molecule has 0 amide bonds. The Kier molecular flexibility index (Phi) is 7.09. The minimum Gasteiger partial charge on any atom is -0.390 e. The molecular weight excluding hydrogens is 196 g/mol. The zero-order chi connectivity index (χ0) is 11.9. The van der Waals surface area contributed by atoms with Crippen LogP contribution < -0.4 is 0 Å². The minimum atomic E-state index is -1.36. The van der Waals surface area contributed by atoms with Gasteiger partial charge in [0.2, 0.25) is 0 Å². The molecule has 0 fully saturated rings. The van der Waals surface area contributed by atoms with E-state index in [2.05, 4.69) is 6.92 Å². The highest BCUT2D eigenvalue weighted by molar-refractivity contribution is 4.84. The Morgan fingerprint density at radius 1 is 1.33 bits per heavy atom. The van der Waals surface area contributed by atoms with Gasteiger partial charge >= 0.3 is 0 Å². The summed E-state index contributed by atoms with van der Waals surface area (Å²) in [4.78, 5) is 0. The van der Waals surface area contributed by atoms with E-state index in [1.54, 1.807) is 6.92 Å². The zero-order valence-electron chi connectivity index (χ0n) is 10.2. The first-order valence-electron chi connectivity index (χ1n) is 5.55.